The lowest BCUT2D eigenvalue weighted by Crippen LogP contribution is -2.11. The molecule has 63 heavy (non-hydrogen) atoms. The molecule has 0 aliphatic rings. The normalized spacial score (nSPS) is 11.8. The largest absolute Gasteiger partial charge is 0.456 e. The molecule has 0 spiro atoms. The summed E-state index contributed by atoms with van der Waals surface area (Å²) in [6.07, 6.45) is 0. The average molecular weight is 820 g/mol. The second kappa shape index (κ2) is 14.3. The van der Waals surface area contributed by atoms with Gasteiger partial charge in [0.2, 0.25) is 0 Å². The van der Waals surface area contributed by atoms with Crippen LogP contribution in [0.25, 0.3) is 107 Å². The number of hydrogen-bond donors (Lipinski definition) is 0. The molecule has 294 valence electrons. The van der Waals surface area contributed by atoms with E-state index in [9.17, 15) is 0 Å². The Morgan fingerprint density at radius 1 is 0.286 bits per heavy atom. The lowest BCUT2D eigenvalue weighted by Gasteiger charge is -2.28. The van der Waals surface area contributed by atoms with E-state index in [1.54, 1.807) is 0 Å². The van der Waals surface area contributed by atoms with Crippen molar-refractivity contribution in [3.63, 3.8) is 0 Å². The molecule has 0 bridgehead atoms. The lowest BCUT2D eigenvalue weighted by atomic mass is 9.93. The molecule has 3 heteroatoms. The quantitative estimate of drug-likeness (QED) is 0.176. The number of anilines is 3. The standard InChI is InChI=1S/C60H37NOS/c1-2-16-38(17-3-1)41-18-10-13-27-56(41)61(40-31-33-50-49-25-11-14-28-57(49)62-58(50)35-40)39-30-32-48-52(34-39)46-23-8-6-21-44(46)42-19-4-5-20-43(42)45-22-7-9-24-47(45)54-37-60-55(36-53(48)54)51-26-12-15-29-59(51)63-60/h1-37H. The Labute approximate surface area is 367 Å². The maximum absolute atomic E-state index is 6.56. The summed E-state index contributed by atoms with van der Waals surface area (Å²) in [6.45, 7) is 0. The van der Waals surface area contributed by atoms with Crippen LogP contribution in [0.3, 0.4) is 0 Å². The molecule has 0 fully saturated rings. The Kier molecular flexibility index (Phi) is 8.12. The fourth-order valence-corrected chi connectivity index (χ4v) is 11.1. The van der Waals surface area contributed by atoms with Crippen molar-refractivity contribution >= 4 is 124 Å². The second-order valence-corrected chi connectivity index (χ2v) is 17.4. The van der Waals surface area contributed by atoms with Gasteiger partial charge in [0.05, 0.1) is 5.69 Å². The van der Waals surface area contributed by atoms with E-state index in [0.717, 1.165) is 50.1 Å². The average Bonchev–Trinajstić information content (AvgIpc) is 3.91. The Balaban J connectivity index is 1.21. The number of nitrogens with zero attached hydrogens (tertiary/aromatic N) is 1. The van der Waals surface area contributed by atoms with Crippen LogP contribution in [0.2, 0.25) is 0 Å². The number of furan rings is 1. The van der Waals surface area contributed by atoms with Crippen molar-refractivity contribution in [3.8, 4) is 11.1 Å². The van der Waals surface area contributed by atoms with Crippen molar-refractivity contribution in [2.45, 2.75) is 0 Å². The minimum absolute atomic E-state index is 0.858. The summed E-state index contributed by atoms with van der Waals surface area (Å²) in [5.74, 6) is 0. The van der Waals surface area contributed by atoms with Gasteiger partial charge in [0, 0.05) is 53.9 Å². The Bertz CT molecular complexity index is 4050. The molecule has 0 aliphatic heterocycles. The first-order chi connectivity index (χ1) is 31.2. The number of rotatable bonds is 4. The van der Waals surface area contributed by atoms with Crippen LogP contribution < -0.4 is 4.90 Å². The van der Waals surface area contributed by atoms with Crippen LogP contribution in [-0.2, 0) is 0 Å². The summed E-state index contributed by atoms with van der Waals surface area (Å²) in [5.41, 5.74) is 7.20. The molecule has 0 radical (unpaired) electrons. The molecule has 0 unspecified atom stereocenters. The van der Waals surface area contributed by atoms with Gasteiger partial charge in [-0.05, 0) is 114 Å². The molecular formula is C60H37NOS. The molecule has 0 N–H and O–H groups in total. The number of hydrogen-bond acceptors (Lipinski definition) is 3. The van der Waals surface area contributed by atoms with Gasteiger partial charge in [-0.25, -0.2) is 0 Å². The zero-order chi connectivity index (χ0) is 41.4. The van der Waals surface area contributed by atoms with Gasteiger partial charge in [0.1, 0.15) is 11.2 Å². The molecule has 0 saturated carbocycles. The smallest absolute Gasteiger partial charge is 0.137 e. The van der Waals surface area contributed by atoms with Crippen molar-refractivity contribution in [2.75, 3.05) is 4.90 Å². The summed E-state index contributed by atoms with van der Waals surface area (Å²) in [5, 5.41) is 16.9. The number of fused-ring (bicyclic) bond motifs is 16. The van der Waals surface area contributed by atoms with Crippen molar-refractivity contribution in [1.82, 2.24) is 0 Å². The van der Waals surface area contributed by atoms with E-state index < -0.39 is 0 Å². The predicted molar refractivity (Wildman–Crippen MR) is 272 cm³/mol. The molecule has 11 aromatic carbocycles. The van der Waals surface area contributed by atoms with E-state index in [4.69, 9.17) is 4.42 Å². The topological polar surface area (TPSA) is 16.4 Å². The summed E-state index contributed by atoms with van der Waals surface area (Å²) in [7, 11) is 0. The Morgan fingerprint density at radius 2 is 0.762 bits per heavy atom. The lowest BCUT2D eigenvalue weighted by molar-refractivity contribution is 0.669. The minimum Gasteiger partial charge on any atom is -0.456 e. The molecule has 2 nitrogen and oxygen atoms in total. The third-order valence-electron chi connectivity index (χ3n) is 12.9. The molecule has 2 heterocycles. The van der Waals surface area contributed by atoms with Crippen LogP contribution in [0, 0.1) is 0 Å². The van der Waals surface area contributed by atoms with Crippen LogP contribution in [0.15, 0.2) is 229 Å². The highest BCUT2D eigenvalue weighted by atomic mass is 32.1. The molecule has 0 saturated heterocycles. The van der Waals surface area contributed by atoms with E-state index in [0.29, 0.717) is 0 Å². The number of thiophene rings is 1. The van der Waals surface area contributed by atoms with Gasteiger partial charge >= 0.3 is 0 Å². The van der Waals surface area contributed by atoms with Crippen molar-refractivity contribution in [1.29, 1.82) is 0 Å². The SMILES string of the molecule is c1ccc(-c2ccccc2N(c2ccc3c(c2)oc2ccccc23)c2ccc3c(c2)c2ccccc2c2ccccc2c2ccccc2c2cc4sc5ccccc5c4cc32)cc1. The van der Waals surface area contributed by atoms with Crippen LogP contribution in [0.1, 0.15) is 0 Å². The summed E-state index contributed by atoms with van der Waals surface area (Å²) in [4.78, 5) is 2.41. The maximum Gasteiger partial charge on any atom is 0.137 e. The molecule has 0 aliphatic carbocycles. The summed E-state index contributed by atoms with van der Waals surface area (Å²) < 4.78 is 9.15. The summed E-state index contributed by atoms with van der Waals surface area (Å²) in [6, 6.07) is 82.1. The number of para-hydroxylation sites is 2. The summed E-state index contributed by atoms with van der Waals surface area (Å²) >= 11 is 1.87. The third kappa shape index (κ3) is 5.71. The van der Waals surface area contributed by atoms with Gasteiger partial charge in [-0.1, -0.05) is 164 Å². The molecule has 2 aromatic heterocycles. The van der Waals surface area contributed by atoms with Gasteiger partial charge in [-0.2, -0.15) is 0 Å². The van der Waals surface area contributed by atoms with Crippen LogP contribution in [-0.4, -0.2) is 0 Å². The van der Waals surface area contributed by atoms with Crippen molar-refractivity contribution in [3.05, 3.63) is 224 Å². The van der Waals surface area contributed by atoms with E-state index >= 15 is 0 Å². The van der Waals surface area contributed by atoms with Crippen molar-refractivity contribution < 1.29 is 4.42 Å². The molecular weight excluding hydrogens is 783 g/mol. The van der Waals surface area contributed by atoms with Gasteiger partial charge in [-0.15, -0.1) is 11.3 Å². The second-order valence-electron chi connectivity index (χ2n) is 16.4. The van der Waals surface area contributed by atoms with Gasteiger partial charge in [-0.3, -0.25) is 0 Å². The van der Waals surface area contributed by atoms with E-state index in [1.165, 1.54) is 74.0 Å². The van der Waals surface area contributed by atoms with Gasteiger partial charge < -0.3 is 9.32 Å². The fraction of sp³-hybridized carbons (Fsp3) is 0. The van der Waals surface area contributed by atoms with Crippen LogP contribution >= 0.6 is 11.3 Å². The molecule has 13 aromatic rings. The van der Waals surface area contributed by atoms with Crippen molar-refractivity contribution in [2.24, 2.45) is 0 Å². The fourth-order valence-electron chi connectivity index (χ4n) is 10.0. The molecule has 0 atom stereocenters. The molecule has 13 rings (SSSR count). The highest BCUT2D eigenvalue weighted by molar-refractivity contribution is 7.25. The first-order valence-electron chi connectivity index (χ1n) is 21.5. The first kappa shape index (κ1) is 35.7. The minimum atomic E-state index is 0.858. The van der Waals surface area contributed by atoms with E-state index in [2.05, 4.69) is 223 Å². The van der Waals surface area contributed by atoms with Gasteiger partial charge in [0.15, 0.2) is 0 Å². The highest BCUT2D eigenvalue weighted by Crippen LogP contribution is 2.46. The third-order valence-corrected chi connectivity index (χ3v) is 14.0. The Hall–Kier alpha value is -7.98. The van der Waals surface area contributed by atoms with Crippen LogP contribution in [0.4, 0.5) is 17.1 Å². The van der Waals surface area contributed by atoms with E-state index in [1.807, 2.05) is 17.4 Å². The molecule has 0 amide bonds. The zero-order valence-corrected chi connectivity index (χ0v) is 34.9. The number of benzene rings is 10. The Morgan fingerprint density at radius 3 is 1.46 bits per heavy atom. The van der Waals surface area contributed by atoms with Gasteiger partial charge in [0.25, 0.3) is 0 Å². The monoisotopic (exact) mass is 819 g/mol. The zero-order valence-electron chi connectivity index (χ0n) is 34.1. The van der Waals surface area contributed by atoms with Crippen LogP contribution in [0.5, 0.6) is 0 Å². The highest BCUT2D eigenvalue weighted by Gasteiger charge is 2.20. The van der Waals surface area contributed by atoms with E-state index in [-0.39, 0.29) is 0 Å². The predicted octanol–water partition coefficient (Wildman–Crippen LogP) is 18.0. The first-order valence-corrected chi connectivity index (χ1v) is 22.3. The maximum atomic E-state index is 6.56.